The smallest absolute Gasteiger partial charge is 0.322 e. The summed E-state index contributed by atoms with van der Waals surface area (Å²) < 4.78 is 7.41. The van der Waals surface area contributed by atoms with Crippen molar-refractivity contribution in [2.75, 3.05) is 7.11 Å². The number of fused-ring (bicyclic) bond motifs is 1. The van der Waals surface area contributed by atoms with Crippen molar-refractivity contribution in [2.24, 2.45) is 5.73 Å². The number of hydrogen-bond donors (Lipinski definition) is 1. The van der Waals surface area contributed by atoms with Gasteiger partial charge < -0.3 is 14.7 Å². The molecule has 5 heteroatoms. The second-order valence-corrected chi connectivity index (χ2v) is 13.9. The van der Waals surface area contributed by atoms with Crippen molar-refractivity contribution in [3.05, 3.63) is 36.0 Å². The maximum atomic E-state index is 11.8. The van der Waals surface area contributed by atoms with Gasteiger partial charge >= 0.3 is 5.97 Å². The number of hydrogen-bond acceptors (Lipinski definition) is 3. The molecule has 1 aromatic heterocycles. The molecule has 144 valence electrons. The highest BCUT2D eigenvalue weighted by atomic mass is 28.3. The van der Waals surface area contributed by atoms with E-state index in [-0.39, 0.29) is 5.97 Å². The molecule has 2 N–H and O–H groups in total. The van der Waals surface area contributed by atoms with E-state index < -0.39 is 14.3 Å². The van der Waals surface area contributed by atoms with E-state index in [2.05, 4.69) is 76.2 Å². The molecule has 0 aliphatic rings. The summed E-state index contributed by atoms with van der Waals surface area (Å²) in [5.41, 5.74) is 10.3. The molecule has 26 heavy (non-hydrogen) atoms. The maximum Gasteiger partial charge on any atom is 0.322 e. The monoisotopic (exact) mass is 374 g/mol. The van der Waals surface area contributed by atoms with Crippen LogP contribution in [0.1, 0.15) is 47.1 Å². The zero-order chi connectivity index (χ0) is 19.6. The van der Waals surface area contributed by atoms with Crippen LogP contribution in [0, 0.1) is 0 Å². The van der Waals surface area contributed by atoms with Gasteiger partial charge in [-0.25, -0.2) is 0 Å². The predicted molar refractivity (Wildman–Crippen MR) is 112 cm³/mol. The predicted octanol–water partition coefficient (Wildman–Crippen LogP) is 4.71. The maximum absolute atomic E-state index is 11.8. The number of nitrogens with two attached hydrogens (primary N) is 1. The normalized spacial score (nSPS) is 13.8. The van der Waals surface area contributed by atoms with Crippen molar-refractivity contribution in [1.82, 2.24) is 4.23 Å². The molecule has 4 nitrogen and oxygen atoms in total. The molecular weight excluding hydrogens is 340 g/mol. The molecule has 2 rings (SSSR count). The van der Waals surface area contributed by atoms with Crippen molar-refractivity contribution in [3.63, 3.8) is 0 Å². The lowest BCUT2D eigenvalue weighted by Gasteiger charge is -2.44. The van der Waals surface area contributed by atoms with Gasteiger partial charge in [-0.05, 0) is 34.5 Å². The summed E-state index contributed by atoms with van der Waals surface area (Å²) in [6, 6.07) is 7.88. The number of carbonyl (C=O) groups is 1. The molecule has 0 fully saturated rings. The number of benzene rings is 1. The van der Waals surface area contributed by atoms with Gasteiger partial charge in [-0.2, -0.15) is 0 Å². The number of para-hydroxylation sites is 1. The Morgan fingerprint density at radius 1 is 1.08 bits per heavy atom. The van der Waals surface area contributed by atoms with E-state index in [9.17, 15) is 4.79 Å². The Bertz CT molecular complexity index is 743. The van der Waals surface area contributed by atoms with Crippen LogP contribution in [-0.4, -0.2) is 31.6 Å². The van der Waals surface area contributed by atoms with Crippen molar-refractivity contribution in [1.29, 1.82) is 0 Å². The van der Waals surface area contributed by atoms with Crippen LogP contribution in [0.25, 0.3) is 10.9 Å². The lowest BCUT2D eigenvalue weighted by molar-refractivity contribution is -0.142. The number of rotatable bonds is 7. The van der Waals surface area contributed by atoms with Gasteiger partial charge in [-0.3, -0.25) is 4.79 Å². The fourth-order valence-electron chi connectivity index (χ4n) is 5.04. The highest BCUT2D eigenvalue weighted by Gasteiger charge is 2.46. The van der Waals surface area contributed by atoms with Gasteiger partial charge in [0.05, 0.1) is 7.11 Å². The van der Waals surface area contributed by atoms with Crippen molar-refractivity contribution in [3.8, 4) is 0 Å². The molecule has 0 saturated carbocycles. The van der Waals surface area contributed by atoms with E-state index >= 15 is 0 Å². The minimum Gasteiger partial charge on any atom is -0.468 e. The first-order valence-electron chi connectivity index (χ1n) is 9.60. The summed E-state index contributed by atoms with van der Waals surface area (Å²) in [5.74, 6) is -0.359. The summed E-state index contributed by atoms with van der Waals surface area (Å²) in [7, 11) is -0.486. The van der Waals surface area contributed by atoms with Gasteiger partial charge in [0.2, 0.25) is 0 Å². The summed E-state index contributed by atoms with van der Waals surface area (Å²) >= 11 is 0. The van der Waals surface area contributed by atoms with Gasteiger partial charge in [0.1, 0.15) is 6.04 Å². The van der Waals surface area contributed by atoms with E-state index in [0.29, 0.717) is 23.0 Å². The Labute approximate surface area is 158 Å². The van der Waals surface area contributed by atoms with Crippen LogP contribution in [0.5, 0.6) is 0 Å². The number of nitrogens with zero attached hydrogens (tertiary/aromatic N) is 1. The van der Waals surface area contributed by atoms with Gasteiger partial charge in [0.25, 0.3) is 0 Å². The average Bonchev–Trinajstić information content (AvgIpc) is 2.92. The summed E-state index contributed by atoms with van der Waals surface area (Å²) in [6.45, 7) is 14.2. The highest BCUT2D eigenvalue weighted by Crippen LogP contribution is 2.44. The molecule has 1 heterocycles. The molecule has 0 unspecified atom stereocenters. The van der Waals surface area contributed by atoms with E-state index in [4.69, 9.17) is 10.5 Å². The van der Waals surface area contributed by atoms with Crippen LogP contribution < -0.4 is 5.73 Å². The summed E-state index contributed by atoms with van der Waals surface area (Å²) in [6.07, 6.45) is 2.78. The van der Waals surface area contributed by atoms with E-state index in [1.54, 1.807) is 0 Å². The molecule has 2 aromatic rings. The quantitative estimate of drug-likeness (QED) is 0.564. The first-order chi connectivity index (χ1) is 12.2. The zero-order valence-corrected chi connectivity index (χ0v) is 18.2. The van der Waals surface area contributed by atoms with Gasteiger partial charge in [-0.1, -0.05) is 59.7 Å². The highest BCUT2D eigenvalue weighted by molar-refractivity contribution is 6.82. The van der Waals surface area contributed by atoms with Crippen LogP contribution in [0.4, 0.5) is 0 Å². The van der Waals surface area contributed by atoms with Crippen LogP contribution in [0.3, 0.4) is 0 Å². The van der Waals surface area contributed by atoms with Crippen molar-refractivity contribution < 1.29 is 9.53 Å². The molecule has 1 atom stereocenters. The molecular formula is C21H34N2O2Si. The van der Waals surface area contributed by atoms with Gasteiger partial charge in [0.15, 0.2) is 8.24 Å². The SMILES string of the molecule is COC(=O)[C@H](N)Cc1cn([Si](C(C)C)(C(C)C)C(C)C)c2ccccc12. The lowest BCUT2D eigenvalue weighted by Crippen LogP contribution is -2.51. The van der Waals surface area contributed by atoms with Gasteiger partial charge in [0, 0.05) is 17.3 Å². The van der Waals surface area contributed by atoms with E-state index in [1.165, 1.54) is 18.0 Å². The molecule has 0 bridgehead atoms. The summed E-state index contributed by atoms with van der Waals surface area (Å²) in [5, 5.41) is 1.20. The van der Waals surface area contributed by atoms with Crippen LogP contribution in [0.2, 0.25) is 16.6 Å². The number of aromatic nitrogens is 1. The molecule has 0 amide bonds. The Morgan fingerprint density at radius 3 is 2.12 bits per heavy atom. The van der Waals surface area contributed by atoms with Crippen molar-refractivity contribution in [2.45, 2.75) is 70.6 Å². The number of methoxy groups -OCH3 is 1. The van der Waals surface area contributed by atoms with Crippen LogP contribution in [-0.2, 0) is 16.0 Å². The van der Waals surface area contributed by atoms with Gasteiger partial charge in [-0.15, -0.1) is 0 Å². The van der Waals surface area contributed by atoms with Crippen molar-refractivity contribution >= 4 is 25.1 Å². The Balaban J connectivity index is 2.70. The molecule has 0 aliphatic carbocycles. The first kappa shape index (κ1) is 20.7. The third-order valence-electron chi connectivity index (χ3n) is 5.93. The van der Waals surface area contributed by atoms with E-state index in [0.717, 1.165) is 5.56 Å². The largest absolute Gasteiger partial charge is 0.468 e. The summed E-state index contributed by atoms with van der Waals surface area (Å²) in [4.78, 5) is 11.8. The standard InChI is InChI=1S/C21H34N2O2Si/c1-14(2)26(15(3)4,16(5)6)23-13-17(12-19(22)21(24)25-7)18-10-8-9-11-20(18)23/h8-11,13-16,19H,12,22H2,1-7H3/t19-/m1/s1. The molecule has 0 spiro atoms. The second-order valence-electron chi connectivity index (χ2n) is 8.23. The topological polar surface area (TPSA) is 57.2 Å². The lowest BCUT2D eigenvalue weighted by atomic mass is 10.1. The molecule has 0 radical (unpaired) electrons. The fourth-order valence-corrected chi connectivity index (χ4v) is 11.7. The Morgan fingerprint density at radius 2 is 1.62 bits per heavy atom. The number of ether oxygens (including phenoxy) is 1. The average molecular weight is 375 g/mol. The Hall–Kier alpha value is -1.59. The zero-order valence-electron chi connectivity index (χ0n) is 17.2. The van der Waals surface area contributed by atoms with Crippen LogP contribution in [0.15, 0.2) is 30.5 Å². The molecule has 1 aromatic carbocycles. The first-order valence-corrected chi connectivity index (χ1v) is 11.8. The van der Waals surface area contributed by atoms with E-state index in [1.807, 2.05) is 0 Å². The Kier molecular flexibility index (Phi) is 6.35. The second kappa shape index (κ2) is 7.97. The molecule has 0 saturated heterocycles. The van der Waals surface area contributed by atoms with Crippen LogP contribution >= 0.6 is 0 Å². The minimum atomic E-state index is -1.87. The fraction of sp³-hybridized carbons (Fsp3) is 0.571. The molecule has 0 aliphatic heterocycles. The third kappa shape index (κ3) is 3.34. The third-order valence-corrected chi connectivity index (χ3v) is 12.7. The number of carbonyl (C=O) groups excluding carboxylic acids is 1. The minimum absolute atomic E-state index is 0.359. The number of esters is 1.